The third kappa shape index (κ3) is 4.27. The molecule has 0 radical (unpaired) electrons. The summed E-state index contributed by atoms with van der Waals surface area (Å²) in [5.41, 5.74) is 6.63. The summed E-state index contributed by atoms with van der Waals surface area (Å²) >= 11 is 7.07. The van der Waals surface area contributed by atoms with Crippen LogP contribution in [-0.2, 0) is 9.59 Å². The molecular weight excluding hydrogens is 417 g/mol. The average molecular weight is 434 g/mol. The molecule has 2 aliphatic rings. The Balaban J connectivity index is 1.52. The highest BCUT2D eigenvalue weighted by molar-refractivity contribution is 8.14. The van der Waals surface area contributed by atoms with Crippen LogP contribution in [0.3, 0.4) is 0 Å². The molecule has 0 bridgehead atoms. The molecule has 0 aliphatic carbocycles. The van der Waals surface area contributed by atoms with Gasteiger partial charge in [0.05, 0.1) is 23.0 Å². The second-order valence-electron chi connectivity index (χ2n) is 6.46. The molecule has 2 aromatic carbocycles. The molecule has 4 rings (SSSR count). The first-order valence-electron chi connectivity index (χ1n) is 8.86. The van der Waals surface area contributed by atoms with Crippen molar-refractivity contribution in [3.63, 3.8) is 0 Å². The number of thioether (sulfide) groups is 1. The smallest absolute Gasteiger partial charge is 0.241 e. The van der Waals surface area contributed by atoms with Gasteiger partial charge in [0.2, 0.25) is 11.8 Å². The van der Waals surface area contributed by atoms with Gasteiger partial charge in [0.15, 0.2) is 5.17 Å². The number of para-hydroxylation sites is 1. The van der Waals surface area contributed by atoms with Crippen molar-refractivity contribution in [2.75, 3.05) is 22.5 Å². The highest BCUT2D eigenvalue weighted by Crippen LogP contribution is 2.30. The maximum absolute atomic E-state index is 13.7. The predicted octanol–water partition coefficient (Wildman–Crippen LogP) is 2.60. The Kier molecular flexibility index (Phi) is 5.81. The standard InChI is InChI=1S/C19H17ClFN5O2S/c20-11-5-7-12(8-6-11)26-18(28)13-9-22-25-17(13)24-19(26)29-10-16(27)23-15-4-2-1-3-14(15)21/h1-8,13,17,22,25H,9-10H2,(H,23,27). The first-order valence-corrected chi connectivity index (χ1v) is 10.2. The zero-order chi connectivity index (χ0) is 20.4. The summed E-state index contributed by atoms with van der Waals surface area (Å²) in [4.78, 5) is 31.4. The van der Waals surface area contributed by atoms with Crippen molar-refractivity contribution in [3.05, 3.63) is 59.4 Å². The topological polar surface area (TPSA) is 85.8 Å². The molecule has 2 amide bonds. The molecule has 29 heavy (non-hydrogen) atoms. The number of fused-ring (bicyclic) bond motifs is 1. The SMILES string of the molecule is O=C(CSC1=NC2NNCC2C(=O)N1c1ccc(Cl)cc1)Nc1ccccc1F. The van der Waals surface area contributed by atoms with Crippen LogP contribution in [0.4, 0.5) is 15.8 Å². The maximum atomic E-state index is 13.7. The van der Waals surface area contributed by atoms with Gasteiger partial charge >= 0.3 is 0 Å². The van der Waals surface area contributed by atoms with Crippen molar-refractivity contribution in [1.82, 2.24) is 10.9 Å². The molecule has 7 nitrogen and oxygen atoms in total. The van der Waals surface area contributed by atoms with E-state index in [0.717, 1.165) is 11.8 Å². The van der Waals surface area contributed by atoms with E-state index in [1.807, 2.05) is 0 Å². The van der Waals surface area contributed by atoms with Crippen LogP contribution in [-0.4, -0.2) is 35.4 Å². The minimum atomic E-state index is -0.511. The third-order valence-corrected chi connectivity index (χ3v) is 5.70. The van der Waals surface area contributed by atoms with Crippen molar-refractivity contribution in [2.24, 2.45) is 10.9 Å². The predicted molar refractivity (Wildman–Crippen MR) is 112 cm³/mol. The Morgan fingerprint density at radius 2 is 2.03 bits per heavy atom. The van der Waals surface area contributed by atoms with E-state index in [1.165, 1.54) is 17.0 Å². The number of anilines is 2. The Hall–Kier alpha value is -2.46. The van der Waals surface area contributed by atoms with Crippen LogP contribution >= 0.6 is 23.4 Å². The van der Waals surface area contributed by atoms with Gasteiger partial charge in [-0.3, -0.25) is 19.9 Å². The summed E-state index contributed by atoms with van der Waals surface area (Å²) in [5, 5.41) is 3.47. The number of amidine groups is 1. The molecule has 0 aromatic heterocycles. The van der Waals surface area contributed by atoms with Crippen LogP contribution in [0, 0.1) is 11.7 Å². The van der Waals surface area contributed by atoms with E-state index < -0.39 is 17.9 Å². The number of aliphatic imine (C=N–C) groups is 1. The monoisotopic (exact) mass is 433 g/mol. The van der Waals surface area contributed by atoms with Crippen molar-refractivity contribution in [2.45, 2.75) is 6.17 Å². The molecule has 0 spiro atoms. The normalized spacial score (nSPS) is 21.0. The quantitative estimate of drug-likeness (QED) is 0.690. The van der Waals surface area contributed by atoms with Gasteiger partial charge in [0.25, 0.3) is 0 Å². The molecule has 2 atom stereocenters. The van der Waals surface area contributed by atoms with E-state index in [1.54, 1.807) is 36.4 Å². The van der Waals surface area contributed by atoms with Crippen LogP contribution < -0.4 is 21.1 Å². The van der Waals surface area contributed by atoms with Crippen molar-refractivity contribution in [3.8, 4) is 0 Å². The van der Waals surface area contributed by atoms with Gasteiger partial charge in [-0.15, -0.1) is 0 Å². The van der Waals surface area contributed by atoms with Gasteiger partial charge in [-0.2, -0.15) is 0 Å². The van der Waals surface area contributed by atoms with E-state index in [0.29, 0.717) is 22.4 Å². The first kappa shape index (κ1) is 19.8. The lowest BCUT2D eigenvalue weighted by Crippen LogP contribution is -2.49. The van der Waals surface area contributed by atoms with Gasteiger partial charge in [-0.25, -0.2) is 14.8 Å². The van der Waals surface area contributed by atoms with Crippen LogP contribution in [0.15, 0.2) is 53.5 Å². The van der Waals surface area contributed by atoms with E-state index in [4.69, 9.17) is 11.6 Å². The molecule has 1 saturated heterocycles. The summed E-state index contributed by atoms with van der Waals surface area (Å²) < 4.78 is 13.7. The van der Waals surface area contributed by atoms with E-state index >= 15 is 0 Å². The van der Waals surface area contributed by atoms with Gasteiger partial charge < -0.3 is 5.32 Å². The van der Waals surface area contributed by atoms with Crippen LogP contribution in [0.5, 0.6) is 0 Å². The Morgan fingerprint density at radius 3 is 2.79 bits per heavy atom. The molecule has 150 valence electrons. The van der Waals surface area contributed by atoms with E-state index in [-0.39, 0.29) is 23.3 Å². The molecule has 2 heterocycles. The molecule has 10 heteroatoms. The minimum absolute atomic E-state index is 0.0324. The Labute approximate surface area is 175 Å². The second-order valence-corrected chi connectivity index (χ2v) is 7.83. The summed E-state index contributed by atoms with van der Waals surface area (Å²) in [6.07, 6.45) is -0.400. The highest BCUT2D eigenvalue weighted by Gasteiger charge is 2.42. The first-order chi connectivity index (χ1) is 14.0. The third-order valence-electron chi connectivity index (χ3n) is 4.50. The summed E-state index contributed by atoms with van der Waals surface area (Å²) in [6, 6.07) is 12.8. The minimum Gasteiger partial charge on any atom is -0.323 e. The number of hydrogen-bond donors (Lipinski definition) is 3. The van der Waals surface area contributed by atoms with E-state index in [2.05, 4.69) is 21.2 Å². The average Bonchev–Trinajstić information content (AvgIpc) is 3.18. The van der Waals surface area contributed by atoms with Crippen molar-refractivity contribution in [1.29, 1.82) is 0 Å². The highest BCUT2D eigenvalue weighted by atomic mass is 35.5. The van der Waals surface area contributed by atoms with Crippen LogP contribution in [0.1, 0.15) is 0 Å². The number of benzene rings is 2. The van der Waals surface area contributed by atoms with E-state index in [9.17, 15) is 14.0 Å². The molecular formula is C19H17ClFN5O2S. The fourth-order valence-electron chi connectivity index (χ4n) is 3.08. The van der Waals surface area contributed by atoms with Crippen molar-refractivity contribution >= 4 is 51.7 Å². The lowest BCUT2D eigenvalue weighted by molar-refractivity contribution is -0.121. The lowest BCUT2D eigenvalue weighted by atomic mass is 10.0. The molecule has 2 aromatic rings. The number of carbonyl (C=O) groups excluding carboxylic acids is 2. The molecule has 2 unspecified atom stereocenters. The van der Waals surface area contributed by atoms with Crippen molar-refractivity contribution < 1.29 is 14.0 Å². The number of nitrogens with one attached hydrogen (secondary N) is 3. The largest absolute Gasteiger partial charge is 0.323 e. The fourth-order valence-corrected chi connectivity index (χ4v) is 4.05. The lowest BCUT2D eigenvalue weighted by Gasteiger charge is -2.32. The zero-order valence-electron chi connectivity index (χ0n) is 15.1. The number of carbonyl (C=O) groups is 2. The number of nitrogens with zero attached hydrogens (tertiary/aromatic N) is 2. The van der Waals surface area contributed by atoms with Gasteiger partial charge in [0.1, 0.15) is 12.0 Å². The Bertz CT molecular complexity index is 971. The molecule has 1 fully saturated rings. The summed E-state index contributed by atoms with van der Waals surface area (Å²) in [7, 11) is 0. The van der Waals surface area contributed by atoms with Crippen LogP contribution in [0.2, 0.25) is 5.02 Å². The molecule has 2 aliphatic heterocycles. The van der Waals surface area contributed by atoms with Crippen LogP contribution in [0.25, 0.3) is 0 Å². The number of hydrazine groups is 1. The van der Waals surface area contributed by atoms with Gasteiger partial charge in [-0.1, -0.05) is 35.5 Å². The number of amides is 2. The van der Waals surface area contributed by atoms with Gasteiger partial charge in [-0.05, 0) is 36.4 Å². The maximum Gasteiger partial charge on any atom is 0.241 e. The Morgan fingerprint density at radius 1 is 1.28 bits per heavy atom. The summed E-state index contributed by atoms with van der Waals surface area (Å²) in [6.45, 7) is 0.461. The number of rotatable bonds is 4. The second kappa shape index (κ2) is 8.50. The van der Waals surface area contributed by atoms with Gasteiger partial charge in [0, 0.05) is 11.6 Å². The molecule has 3 N–H and O–H groups in total. The zero-order valence-corrected chi connectivity index (χ0v) is 16.6. The summed E-state index contributed by atoms with van der Waals surface area (Å²) in [5.74, 6) is -1.41. The molecule has 0 saturated carbocycles. The number of hydrogen-bond acceptors (Lipinski definition) is 6. The number of halogens is 2. The fraction of sp³-hybridized carbons (Fsp3) is 0.211.